The van der Waals surface area contributed by atoms with Crippen LogP contribution in [-0.4, -0.2) is 73.0 Å². The summed E-state index contributed by atoms with van der Waals surface area (Å²) in [7, 11) is 4.24. The van der Waals surface area contributed by atoms with Crippen molar-refractivity contribution in [3.8, 4) is 0 Å². The lowest BCUT2D eigenvalue weighted by atomic mass is 9.87. The standard InChI is InChI=1S/C24H33N3O/c1-25-14-16-27(17-15-25)23-13-6-5-12-22(23)26(2)24(28)18-20-10-7-9-19-8-3-4-11-21(19)20/h3-4,7-11,22-23H,5-6,12-18H2,1-2H3. The van der Waals surface area contributed by atoms with Gasteiger partial charge in [0, 0.05) is 45.3 Å². The van der Waals surface area contributed by atoms with E-state index in [4.69, 9.17) is 0 Å². The van der Waals surface area contributed by atoms with E-state index in [1.54, 1.807) is 0 Å². The molecule has 4 rings (SSSR count). The van der Waals surface area contributed by atoms with Crippen LogP contribution in [0.3, 0.4) is 0 Å². The maximum Gasteiger partial charge on any atom is 0.227 e. The van der Waals surface area contributed by atoms with Gasteiger partial charge in [-0.2, -0.15) is 0 Å². The van der Waals surface area contributed by atoms with Crippen LogP contribution < -0.4 is 0 Å². The Labute approximate surface area is 169 Å². The van der Waals surface area contributed by atoms with Gasteiger partial charge in [-0.05, 0) is 36.2 Å². The monoisotopic (exact) mass is 379 g/mol. The molecule has 2 unspecified atom stereocenters. The molecule has 1 saturated heterocycles. The molecule has 0 aromatic heterocycles. The zero-order valence-electron chi connectivity index (χ0n) is 17.3. The molecule has 0 N–H and O–H groups in total. The van der Waals surface area contributed by atoms with E-state index in [1.165, 1.54) is 30.0 Å². The van der Waals surface area contributed by atoms with E-state index in [-0.39, 0.29) is 5.91 Å². The first-order valence-electron chi connectivity index (χ1n) is 10.8. The first-order chi connectivity index (χ1) is 13.6. The number of hydrogen-bond acceptors (Lipinski definition) is 3. The number of benzene rings is 2. The van der Waals surface area contributed by atoms with Crippen molar-refractivity contribution in [3.63, 3.8) is 0 Å². The van der Waals surface area contributed by atoms with Crippen molar-refractivity contribution < 1.29 is 4.79 Å². The number of likely N-dealkylation sites (N-methyl/N-ethyl adjacent to an activating group) is 2. The number of piperazine rings is 1. The van der Waals surface area contributed by atoms with E-state index >= 15 is 0 Å². The van der Waals surface area contributed by atoms with Gasteiger partial charge in [0.05, 0.1) is 6.42 Å². The normalized spacial score (nSPS) is 24.4. The summed E-state index contributed by atoms with van der Waals surface area (Å²) in [5, 5.41) is 2.41. The molecule has 1 saturated carbocycles. The largest absolute Gasteiger partial charge is 0.341 e. The molecule has 28 heavy (non-hydrogen) atoms. The highest BCUT2D eigenvalue weighted by molar-refractivity contribution is 5.90. The second-order valence-corrected chi connectivity index (χ2v) is 8.58. The van der Waals surface area contributed by atoms with Crippen molar-refractivity contribution in [1.82, 2.24) is 14.7 Å². The Bertz CT molecular complexity index is 807. The fourth-order valence-corrected chi connectivity index (χ4v) is 5.04. The zero-order valence-corrected chi connectivity index (χ0v) is 17.3. The van der Waals surface area contributed by atoms with Gasteiger partial charge in [-0.15, -0.1) is 0 Å². The molecule has 150 valence electrons. The molecule has 4 heteroatoms. The summed E-state index contributed by atoms with van der Waals surface area (Å²) in [6.07, 6.45) is 5.37. The van der Waals surface area contributed by atoms with Gasteiger partial charge < -0.3 is 9.80 Å². The maximum absolute atomic E-state index is 13.2. The molecule has 1 amide bonds. The van der Waals surface area contributed by atoms with E-state index in [1.807, 2.05) is 7.05 Å². The molecule has 4 nitrogen and oxygen atoms in total. The number of nitrogens with zero attached hydrogens (tertiary/aromatic N) is 3. The summed E-state index contributed by atoms with van der Waals surface area (Å²) < 4.78 is 0. The highest BCUT2D eigenvalue weighted by Gasteiger charge is 2.35. The van der Waals surface area contributed by atoms with Crippen molar-refractivity contribution in [1.29, 1.82) is 0 Å². The summed E-state index contributed by atoms with van der Waals surface area (Å²) in [5.41, 5.74) is 1.14. The van der Waals surface area contributed by atoms with Crippen LogP contribution in [0.15, 0.2) is 42.5 Å². The molecule has 0 spiro atoms. The van der Waals surface area contributed by atoms with E-state index < -0.39 is 0 Å². The Morgan fingerprint density at radius 3 is 2.54 bits per heavy atom. The molecule has 2 atom stereocenters. The topological polar surface area (TPSA) is 26.8 Å². The fraction of sp³-hybridized carbons (Fsp3) is 0.542. The number of rotatable bonds is 4. The SMILES string of the molecule is CN1CCN(C2CCCCC2N(C)C(=O)Cc2cccc3ccccc23)CC1. The molecule has 1 heterocycles. The molecule has 1 aliphatic heterocycles. The molecule has 2 fully saturated rings. The highest BCUT2D eigenvalue weighted by Crippen LogP contribution is 2.28. The van der Waals surface area contributed by atoms with Crippen LogP contribution in [-0.2, 0) is 11.2 Å². The summed E-state index contributed by atoms with van der Waals surface area (Å²) >= 11 is 0. The summed E-state index contributed by atoms with van der Waals surface area (Å²) in [5.74, 6) is 0.252. The number of hydrogen-bond donors (Lipinski definition) is 0. The third-order valence-electron chi connectivity index (χ3n) is 6.81. The lowest BCUT2D eigenvalue weighted by Crippen LogP contribution is -2.58. The van der Waals surface area contributed by atoms with Crippen molar-refractivity contribution in [2.75, 3.05) is 40.3 Å². The number of carbonyl (C=O) groups excluding carboxylic acids is 1. The summed E-state index contributed by atoms with van der Waals surface area (Å²) in [6.45, 7) is 4.53. The van der Waals surface area contributed by atoms with Gasteiger partial charge >= 0.3 is 0 Å². The minimum atomic E-state index is 0.252. The van der Waals surface area contributed by atoms with E-state index in [0.717, 1.165) is 38.2 Å². The molecule has 0 radical (unpaired) electrons. The van der Waals surface area contributed by atoms with E-state index in [2.05, 4.69) is 64.2 Å². The molecular weight excluding hydrogens is 346 g/mol. The van der Waals surface area contributed by atoms with Gasteiger partial charge in [0.15, 0.2) is 0 Å². The van der Waals surface area contributed by atoms with Crippen LogP contribution in [0.1, 0.15) is 31.2 Å². The Kier molecular flexibility index (Phi) is 5.98. The van der Waals surface area contributed by atoms with Gasteiger partial charge in [-0.3, -0.25) is 9.69 Å². The van der Waals surface area contributed by atoms with Crippen LogP contribution in [0.2, 0.25) is 0 Å². The number of carbonyl (C=O) groups is 1. The maximum atomic E-state index is 13.2. The Morgan fingerprint density at radius 2 is 1.71 bits per heavy atom. The lowest BCUT2D eigenvalue weighted by molar-refractivity contribution is -0.133. The van der Waals surface area contributed by atoms with E-state index in [0.29, 0.717) is 18.5 Å². The smallest absolute Gasteiger partial charge is 0.227 e. The molecular formula is C24H33N3O. The van der Waals surface area contributed by atoms with Gasteiger partial charge in [0.1, 0.15) is 0 Å². The van der Waals surface area contributed by atoms with Crippen molar-refractivity contribution in [2.45, 2.75) is 44.2 Å². The average Bonchev–Trinajstić information content (AvgIpc) is 2.74. The van der Waals surface area contributed by atoms with Gasteiger partial charge in [0.2, 0.25) is 5.91 Å². The van der Waals surface area contributed by atoms with Crippen LogP contribution in [0.25, 0.3) is 10.8 Å². The average molecular weight is 380 g/mol. The minimum Gasteiger partial charge on any atom is -0.341 e. The van der Waals surface area contributed by atoms with Gasteiger partial charge in [-0.25, -0.2) is 0 Å². The first-order valence-corrected chi connectivity index (χ1v) is 10.8. The second-order valence-electron chi connectivity index (χ2n) is 8.58. The second kappa shape index (κ2) is 8.62. The predicted molar refractivity (Wildman–Crippen MR) is 116 cm³/mol. The molecule has 2 aromatic carbocycles. The van der Waals surface area contributed by atoms with Crippen molar-refractivity contribution >= 4 is 16.7 Å². The van der Waals surface area contributed by atoms with Gasteiger partial charge in [0.25, 0.3) is 0 Å². The molecule has 2 aliphatic rings. The van der Waals surface area contributed by atoms with Crippen molar-refractivity contribution in [2.24, 2.45) is 0 Å². The molecule has 1 aliphatic carbocycles. The van der Waals surface area contributed by atoms with Crippen LogP contribution in [0, 0.1) is 0 Å². The van der Waals surface area contributed by atoms with Gasteiger partial charge in [-0.1, -0.05) is 55.3 Å². The predicted octanol–water partition coefficient (Wildman–Crippen LogP) is 3.40. The zero-order chi connectivity index (χ0) is 19.5. The number of amides is 1. The van der Waals surface area contributed by atoms with E-state index in [9.17, 15) is 4.79 Å². The van der Waals surface area contributed by atoms with Crippen LogP contribution in [0.4, 0.5) is 0 Å². The third-order valence-corrected chi connectivity index (χ3v) is 6.81. The quantitative estimate of drug-likeness (QED) is 0.815. The fourth-order valence-electron chi connectivity index (χ4n) is 5.04. The van der Waals surface area contributed by atoms with Crippen LogP contribution in [0.5, 0.6) is 0 Å². The van der Waals surface area contributed by atoms with Crippen molar-refractivity contribution in [3.05, 3.63) is 48.0 Å². The Morgan fingerprint density at radius 1 is 1.00 bits per heavy atom. The first kappa shape index (κ1) is 19.4. The van der Waals surface area contributed by atoms with Crippen LogP contribution >= 0.6 is 0 Å². The Balaban J connectivity index is 1.48. The summed E-state index contributed by atoms with van der Waals surface area (Å²) in [4.78, 5) is 20.4. The summed E-state index contributed by atoms with van der Waals surface area (Å²) in [6, 6.07) is 15.5. The lowest BCUT2D eigenvalue weighted by Gasteiger charge is -2.46. The number of fused-ring (bicyclic) bond motifs is 1. The Hall–Kier alpha value is -1.91. The minimum absolute atomic E-state index is 0.252. The highest BCUT2D eigenvalue weighted by atomic mass is 16.2. The third kappa shape index (κ3) is 4.08. The molecule has 2 aromatic rings. The molecule has 0 bridgehead atoms.